The zero-order chi connectivity index (χ0) is 56.0. The third-order valence-electron chi connectivity index (χ3n) is 12.0. The van der Waals surface area contributed by atoms with E-state index in [0.29, 0.717) is 12.8 Å². The third-order valence-corrected chi connectivity index (χ3v) is 12.0. The normalized spacial score (nSPS) is 14.8. The maximum absolute atomic E-state index is 14.1. The smallest absolute Gasteiger partial charge is 0.326 e. The first-order chi connectivity index (χ1) is 34.1. The highest BCUT2D eigenvalue weighted by atomic mass is 16.4. The van der Waals surface area contributed by atoms with Crippen LogP contribution in [0.3, 0.4) is 0 Å². The van der Waals surface area contributed by atoms with Crippen molar-refractivity contribution in [2.24, 2.45) is 29.6 Å². The van der Waals surface area contributed by atoms with Gasteiger partial charge in [0.05, 0.1) is 18.9 Å². The Hall–Kier alpha value is -5.34. The average Bonchev–Trinajstić information content (AvgIpc) is 3.26. The van der Waals surface area contributed by atoms with Crippen molar-refractivity contribution in [1.82, 2.24) is 37.2 Å². The Bertz CT molecular complexity index is 1760. The first-order valence-electron chi connectivity index (χ1n) is 26.5. The molecule has 8 atom stereocenters. The summed E-state index contributed by atoms with van der Waals surface area (Å²) < 4.78 is 0. The Morgan fingerprint density at radius 3 is 1.15 bits per heavy atom. The summed E-state index contributed by atoms with van der Waals surface area (Å²) in [6, 6.07) is -9.65. The zero-order valence-electron chi connectivity index (χ0n) is 45.6. The van der Waals surface area contributed by atoms with E-state index in [2.05, 4.69) is 44.1 Å². The van der Waals surface area contributed by atoms with Crippen LogP contribution in [-0.2, 0) is 47.9 Å². The number of carbonyl (C=O) groups excluding carboxylic acids is 7. The van der Waals surface area contributed by atoms with Crippen molar-refractivity contribution >= 4 is 59.3 Å². The fourth-order valence-electron chi connectivity index (χ4n) is 8.12. The molecule has 0 aromatic heterocycles. The SMILES string of the molecule is CCCCCCCCCCCC(O)CC(=O)N[C@@H](CCC(=O)O)C(=O)N[C@@H](CC(C)C)C(=O)N[C@H](CC(C)C)C(=O)N[C@H](C(=O)N[C@@H](CC(=O)O)C(=O)N[C@H](CC(C)C)C(=O)N[C@@H](CC(C)C)C(=O)O)C(C)C. The molecule has 21 heteroatoms. The number of nitrogens with one attached hydrogen (secondary N) is 7. The van der Waals surface area contributed by atoms with Crippen LogP contribution in [0.5, 0.6) is 0 Å². The minimum Gasteiger partial charge on any atom is -0.481 e. The number of carbonyl (C=O) groups is 10. The van der Waals surface area contributed by atoms with Crippen LogP contribution < -0.4 is 37.2 Å². The van der Waals surface area contributed by atoms with Gasteiger partial charge < -0.3 is 57.6 Å². The third kappa shape index (κ3) is 31.1. The van der Waals surface area contributed by atoms with Crippen molar-refractivity contribution in [2.75, 3.05) is 0 Å². The summed E-state index contributed by atoms with van der Waals surface area (Å²) in [6.07, 6.45) is 7.34. The van der Waals surface area contributed by atoms with Gasteiger partial charge in [-0.3, -0.25) is 43.2 Å². The van der Waals surface area contributed by atoms with Gasteiger partial charge in [-0.15, -0.1) is 0 Å². The van der Waals surface area contributed by atoms with Crippen molar-refractivity contribution in [3.63, 3.8) is 0 Å². The van der Waals surface area contributed by atoms with Crippen LogP contribution in [0, 0.1) is 29.6 Å². The van der Waals surface area contributed by atoms with Crippen LogP contribution in [0.2, 0.25) is 0 Å². The number of hydrogen-bond acceptors (Lipinski definition) is 11. The molecule has 0 heterocycles. The molecule has 0 saturated carbocycles. The van der Waals surface area contributed by atoms with Gasteiger partial charge in [0.2, 0.25) is 41.4 Å². The fraction of sp³-hybridized carbons (Fsp3) is 0.808. The number of aliphatic carboxylic acids is 3. The molecule has 0 aromatic rings. The van der Waals surface area contributed by atoms with Gasteiger partial charge in [0, 0.05) is 6.42 Å². The number of carboxylic acid groups (broad SMARTS) is 3. The number of carboxylic acids is 3. The van der Waals surface area contributed by atoms with E-state index in [0.717, 1.165) is 25.7 Å². The summed E-state index contributed by atoms with van der Waals surface area (Å²) in [5, 5.41) is 57.2. The predicted octanol–water partition coefficient (Wildman–Crippen LogP) is 4.32. The maximum Gasteiger partial charge on any atom is 0.326 e. The highest BCUT2D eigenvalue weighted by Gasteiger charge is 2.36. The molecule has 73 heavy (non-hydrogen) atoms. The average molecular weight is 1040 g/mol. The van der Waals surface area contributed by atoms with Crippen LogP contribution >= 0.6 is 0 Å². The van der Waals surface area contributed by atoms with Crippen molar-refractivity contribution in [2.45, 2.75) is 240 Å². The molecule has 0 radical (unpaired) electrons. The van der Waals surface area contributed by atoms with E-state index in [4.69, 9.17) is 0 Å². The molecular formula is C52H93N7O14. The molecule has 0 aromatic carbocycles. The number of amides is 7. The first kappa shape index (κ1) is 67.7. The van der Waals surface area contributed by atoms with Gasteiger partial charge in [-0.1, -0.05) is 134 Å². The van der Waals surface area contributed by atoms with Crippen LogP contribution in [0.1, 0.15) is 192 Å². The summed E-state index contributed by atoms with van der Waals surface area (Å²) in [6.45, 7) is 19.5. The molecular weight excluding hydrogens is 947 g/mol. The molecule has 0 saturated heterocycles. The summed E-state index contributed by atoms with van der Waals surface area (Å²) in [7, 11) is 0. The number of rotatable bonds is 40. The zero-order valence-corrected chi connectivity index (χ0v) is 45.6. The molecule has 420 valence electrons. The van der Waals surface area contributed by atoms with Gasteiger partial charge in [0.1, 0.15) is 42.3 Å². The van der Waals surface area contributed by atoms with Gasteiger partial charge >= 0.3 is 17.9 Å². The Morgan fingerprint density at radius 2 is 0.753 bits per heavy atom. The molecule has 0 aliphatic carbocycles. The van der Waals surface area contributed by atoms with E-state index in [-0.39, 0.29) is 62.2 Å². The van der Waals surface area contributed by atoms with Crippen molar-refractivity contribution in [3.05, 3.63) is 0 Å². The number of hydrogen-bond donors (Lipinski definition) is 11. The molecule has 0 rings (SSSR count). The predicted molar refractivity (Wildman–Crippen MR) is 275 cm³/mol. The highest BCUT2D eigenvalue weighted by molar-refractivity contribution is 5.98. The van der Waals surface area contributed by atoms with Crippen LogP contribution in [-0.4, -0.2) is 128 Å². The summed E-state index contributed by atoms with van der Waals surface area (Å²) in [5.74, 6) is -11.3. The van der Waals surface area contributed by atoms with Gasteiger partial charge in [-0.2, -0.15) is 0 Å². The van der Waals surface area contributed by atoms with Gasteiger partial charge in [-0.25, -0.2) is 4.79 Å². The number of unbranched alkanes of at least 4 members (excludes halogenated alkanes) is 8. The fourth-order valence-corrected chi connectivity index (χ4v) is 8.12. The Kier molecular flexibility index (Phi) is 33.9. The van der Waals surface area contributed by atoms with Crippen molar-refractivity contribution in [3.8, 4) is 0 Å². The second-order valence-corrected chi connectivity index (χ2v) is 21.5. The lowest BCUT2D eigenvalue weighted by molar-refractivity contribution is -0.143. The molecule has 0 spiro atoms. The summed E-state index contributed by atoms with van der Waals surface area (Å²) in [5.41, 5.74) is 0. The minimum absolute atomic E-state index is 0.0427. The van der Waals surface area contributed by atoms with Gasteiger partial charge in [0.15, 0.2) is 0 Å². The van der Waals surface area contributed by atoms with Crippen LogP contribution in [0.25, 0.3) is 0 Å². The molecule has 7 amide bonds. The molecule has 1 unspecified atom stereocenters. The van der Waals surface area contributed by atoms with Crippen molar-refractivity contribution < 1.29 is 68.4 Å². The lowest BCUT2D eigenvalue weighted by Crippen LogP contribution is -2.61. The van der Waals surface area contributed by atoms with Gasteiger partial charge in [-0.05, 0) is 68.1 Å². The Morgan fingerprint density at radius 1 is 0.384 bits per heavy atom. The van der Waals surface area contributed by atoms with E-state index in [9.17, 15) is 68.4 Å². The second kappa shape index (κ2) is 36.6. The van der Waals surface area contributed by atoms with Crippen LogP contribution in [0.4, 0.5) is 0 Å². The number of aliphatic hydroxyl groups excluding tert-OH is 1. The largest absolute Gasteiger partial charge is 0.481 e. The summed E-state index contributed by atoms with van der Waals surface area (Å²) >= 11 is 0. The molecule has 21 nitrogen and oxygen atoms in total. The van der Waals surface area contributed by atoms with Gasteiger partial charge in [0.25, 0.3) is 0 Å². The Balaban J connectivity index is 6.25. The summed E-state index contributed by atoms with van der Waals surface area (Å²) in [4.78, 5) is 131. The van der Waals surface area contributed by atoms with E-state index in [1.807, 2.05) is 0 Å². The topological polar surface area (TPSA) is 336 Å². The molecule has 0 aliphatic heterocycles. The monoisotopic (exact) mass is 1040 g/mol. The number of aliphatic hydroxyl groups is 1. The standard InChI is InChI=1S/C52H93N7O14/c1-12-13-14-15-16-17-18-19-20-21-35(60)28-42(61)53-36(22-23-43(62)63)46(66)54-37(24-30(2)3)47(67)56-39(26-32(6)7)50(70)59-45(34(10)11)51(71)57-40(29-44(64)65)49(69)55-38(25-31(4)5)48(68)58-41(52(72)73)27-33(8)9/h30-41,45,60H,12-29H2,1-11H3,(H,53,61)(H,54,66)(H,55,69)(H,56,67)(H,57,71)(H,58,68)(H,59,70)(H,62,63)(H,64,65)(H,72,73)/t35?,36-,37-,38+,39+,40-,41-,45-/m0/s1. The molecule has 0 fully saturated rings. The lowest BCUT2D eigenvalue weighted by Gasteiger charge is -2.29. The van der Waals surface area contributed by atoms with E-state index >= 15 is 0 Å². The Labute approximate surface area is 433 Å². The van der Waals surface area contributed by atoms with Crippen LogP contribution in [0.15, 0.2) is 0 Å². The molecule has 0 bridgehead atoms. The van der Waals surface area contributed by atoms with E-state index in [1.54, 1.807) is 69.2 Å². The minimum atomic E-state index is -1.75. The second-order valence-electron chi connectivity index (χ2n) is 21.5. The molecule has 11 N–H and O–H groups in total. The van der Waals surface area contributed by atoms with E-state index in [1.165, 1.54) is 25.7 Å². The maximum atomic E-state index is 14.1. The quantitative estimate of drug-likeness (QED) is 0.0381. The highest BCUT2D eigenvalue weighted by Crippen LogP contribution is 2.16. The van der Waals surface area contributed by atoms with Crippen molar-refractivity contribution in [1.29, 1.82) is 0 Å². The molecule has 0 aliphatic rings. The van der Waals surface area contributed by atoms with E-state index < -0.39 is 126 Å². The first-order valence-corrected chi connectivity index (χ1v) is 26.5. The lowest BCUT2D eigenvalue weighted by atomic mass is 9.98.